The molecule has 4 aliphatic heterocycles. The number of hydrogen-bond donors (Lipinski definition) is 7. The number of nitrogens with zero attached hydrogens (tertiary/aromatic N) is 15. The van der Waals surface area contributed by atoms with Gasteiger partial charge >= 0.3 is 24.7 Å². The minimum absolute atomic E-state index is 0.0175. The normalized spacial score (nSPS) is 15.7. The summed E-state index contributed by atoms with van der Waals surface area (Å²) >= 11 is 0. The molecule has 14 aromatic rings. The molecule has 6 aromatic carbocycles. The van der Waals surface area contributed by atoms with Crippen molar-refractivity contribution in [3.05, 3.63) is 298 Å². The van der Waals surface area contributed by atoms with Crippen LogP contribution in [-0.2, 0) is 31.1 Å². The van der Waals surface area contributed by atoms with Gasteiger partial charge in [0, 0.05) is 106 Å². The lowest BCUT2D eigenvalue weighted by molar-refractivity contribution is -0.138. The zero-order chi connectivity index (χ0) is 98.2. The van der Waals surface area contributed by atoms with Gasteiger partial charge < -0.3 is 37.2 Å². The average Bonchev–Trinajstić information content (AvgIpc) is 0.975. The number of nitrogens with one attached hydrogen (secondary N) is 7. The molecule has 1 saturated carbocycles. The maximum absolute atomic E-state index is 13.6. The predicted molar refractivity (Wildman–Crippen MR) is 517 cm³/mol. The molecule has 2 atom stereocenters. The van der Waals surface area contributed by atoms with Gasteiger partial charge in [0.25, 0.3) is 0 Å². The largest absolute Gasteiger partial charge is 0.416 e. The minimum Gasteiger partial charge on any atom is -0.364 e. The van der Waals surface area contributed by atoms with Crippen LogP contribution in [0.3, 0.4) is 0 Å². The van der Waals surface area contributed by atoms with E-state index in [1.165, 1.54) is 43.4 Å². The summed E-state index contributed by atoms with van der Waals surface area (Å²) in [6, 6.07) is 50.1. The summed E-state index contributed by atoms with van der Waals surface area (Å²) in [6.45, 7) is 20.1. The lowest BCUT2D eigenvalue weighted by Crippen LogP contribution is -2.28. The smallest absolute Gasteiger partial charge is 0.364 e. The maximum Gasteiger partial charge on any atom is 0.416 e. The fourth-order valence-electron chi connectivity index (χ4n) is 18.6. The highest BCUT2D eigenvalue weighted by Gasteiger charge is 2.38. The molecule has 0 spiro atoms. The Morgan fingerprint density at radius 2 is 0.693 bits per heavy atom. The van der Waals surface area contributed by atoms with Crippen molar-refractivity contribution in [2.45, 2.75) is 173 Å². The zero-order valence-corrected chi connectivity index (χ0v) is 78.2. The lowest BCUT2D eigenvalue weighted by Gasteiger charge is -2.25. The predicted octanol–water partition coefficient (Wildman–Crippen LogP) is 23.6. The summed E-state index contributed by atoms with van der Waals surface area (Å²) < 4.78 is 161. The van der Waals surface area contributed by atoms with Gasteiger partial charge in [0.05, 0.1) is 68.2 Å². The number of benzene rings is 6. The van der Waals surface area contributed by atoms with E-state index in [4.69, 9.17) is 9.97 Å². The van der Waals surface area contributed by atoms with Crippen LogP contribution in [0, 0.1) is 26.7 Å². The van der Waals surface area contributed by atoms with Gasteiger partial charge in [-0.3, -0.25) is 0 Å². The molecule has 12 heterocycles. The fraction of sp³-hybridized carbons (Fsp3) is 0.349. The van der Waals surface area contributed by atoms with Gasteiger partial charge in [-0.25, -0.2) is 34.9 Å². The van der Waals surface area contributed by atoms with E-state index in [-0.39, 0.29) is 35.8 Å². The van der Waals surface area contributed by atoms with Crippen LogP contribution in [0.15, 0.2) is 219 Å². The molecule has 726 valence electrons. The van der Waals surface area contributed by atoms with Crippen molar-refractivity contribution < 1.29 is 52.7 Å². The average molecular weight is 1920 g/mol. The second kappa shape index (κ2) is 44.7. The van der Waals surface area contributed by atoms with Gasteiger partial charge in [-0.2, -0.15) is 73.1 Å². The summed E-state index contributed by atoms with van der Waals surface area (Å²) in [6.07, 6.45) is 0.880. The summed E-state index contributed by atoms with van der Waals surface area (Å²) in [5.74, 6) is 3.26. The van der Waals surface area contributed by atoms with Crippen molar-refractivity contribution in [1.82, 2.24) is 96.9 Å². The van der Waals surface area contributed by atoms with Crippen molar-refractivity contribution >= 4 is 17.7 Å². The number of anilines is 3. The molecule has 22 nitrogen and oxygen atoms in total. The first-order valence-corrected chi connectivity index (χ1v) is 47.3. The molecule has 140 heavy (non-hydrogen) atoms. The Kier molecular flexibility index (Phi) is 31.8. The van der Waals surface area contributed by atoms with E-state index in [0.29, 0.717) is 109 Å². The highest BCUT2D eigenvalue weighted by atomic mass is 19.4. The summed E-state index contributed by atoms with van der Waals surface area (Å²) in [4.78, 5) is 31.1. The number of alkyl halides is 12. The quantitative estimate of drug-likeness (QED) is 0.0311. The van der Waals surface area contributed by atoms with Gasteiger partial charge in [-0.1, -0.05) is 116 Å². The van der Waals surface area contributed by atoms with E-state index in [1.54, 1.807) is 67.3 Å². The van der Waals surface area contributed by atoms with Gasteiger partial charge in [-0.05, 0) is 281 Å². The summed E-state index contributed by atoms with van der Waals surface area (Å²) in [5, 5.41) is 59.7. The molecule has 4 saturated heterocycles. The molecule has 0 amide bonds. The Balaban J connectivity index is 0.000000135. The standard InChI is InChI=1S/C30H31F3N6.C30H30F3N5.C25H27F3N6.C21H20F3N5/c1-3-24-26(25-14-17-35-29(37-25)36-19(2)20-8-5-4-6-9-20)28(22-10-7-11-23(18-22)30(31,32)33)39-38-27(24)21-12-15-34-16-13-21;1-19-27(23-13-16-35-26(18-23)36-20(2)21-7-4-3-5-8-21)29(24-9-6-10-25(17-24)30(31,32)33)38-37-28(19)22-11-14-34-15-12-22;1-15-21(20-9-12-30-24(32-20)31-14-16-5-6-16)23(18-3-2-4-19(13-18)25(26,27)28)34-33-22(15)17-7-10-29-11-8-17;1-13-18(17-7-10-26-12-27-17)20(15-3-2-4-16(11-15)21(22,23)24)29-28-19(13)14-5-8-25-9-6-14/h4-11,14,17-19,21,34H,3,12-13,15-16H2,1-2H3,(H,35,36,37);3-10,13,16-18,20,22,34H,11-12,14-15H2,1-2H3,(H,35,36);2-4,9,12-13,16-17,29H,5-8,10-11,14H2,1H3,(H,30,31,32);2-4,7,10-12,14,25H,5-6,8-9H2,1H3. The third kappa shape index (κ3) is 24.5. The first-order chi connectivity index (χ1) is 67.5. The van der Waals surface area contributed by atoms with Crippen LogP contribution in [0.5, 0.6) is 0 Å². The van der Waals surface area contributed by atoms with Crippen LogP contribution in [0.2, 0.25) is 0 Å². The van der Waals surface area contributed by atoms with Gasteiger partial charge in [-0.15, -0.1) is 20.4 Å². The Labute approximate surface area is 804 Å². The van der Waals surface area contributed by atoms with Crippen molar-refractivity contribution in [2.75, 3.05) is 74.9 Å². The van der Waals surface area contributed by atoms with Gasteiger partial charge in [0.1, 0.15) is 34.9 Å². The number of piperidine rings is 4. The first kappa shape index (κ1) is 99.4. The minimum atomic E-state index is -4.47. The maximum atomic E-state index is 13.6. The first-order valence-electron chi connectivity index (χ1n) is 47.3. The monoisotopic (exact) mass is 1920 g/mol. The van der Waals surface area contributed by atoms with Crippen molar-refractivity contribution in [3.63, 3.8) is 0 Å². The van der Waals surface area contributed by atoms with Gasteiger partial charge in [0.15, 0.2) is 0 Å². The Bertz CT molecular complexity index is 6540. The topological polar surface area (TPSA) is 278 Å². The van der Waals surface area contributed by atoms with Crippen molar-refractivity contribution in [2.24, 2.45) is 5.92 Å². The Hall–Kier alpha value is -13.6. The Morgan fingerprint density at radius 3 is 1.10 bits per heavy atom. The van der Waals surface area contributed by atoms with E-state index >= 15 is 0 Å². The van der Waals surface area contributed by atoms with Crippen molar-refractivity contribution in [1.29, 1.82) is 0 Å². The molecule has 5 aliphatic rings. The zero-order valence-electron chi connectivity index (χ0n) is 78.2. The highest BCUT2D eigenvalue weighted by Crippen LogP contribution is 2.47. The molecule has 8 aromatic heterocycles. The van der Waals surface area contributed by atoms with Crippen LogP contribution < -0.4 is 37.2 Å². The van der Waals surface area contributed by atoms with Crippen LogP contribution in [0.25, 0.3) is 89.9 Å². The molecule has 34 heteroatoms. The lowest BCUT2D eigenvalue weighted by atomic mass is 9.87. The third-order valence-electron chi connectivity index (χ3n) is 26.2. The Morgan fingerprint density at radius 1 is 0.336 bits per heavy atom. The fourth-order valence-corrected chi connectivity index (χ4v) is 18.6. The number of halogens is 12. The molecule has 19 rings (SSSR count). The van der Waals surface area contributed by atoms with E-state index < -0.39 is 47.0 Å². The summed E-state index contributed by atoms with van der Waals surface area (Å²) in [5.41, 5.74) is 15.3. The molecular formula is C106H108F12N22. The second-order valence-electron chi connectivity index (χ2n) is 35.8. The van der Waals surface area contributed by atoms with E-state index in [0.717, 1.165) is 226 Å². The van der Waals surface area contributed by atoms with Crippen LogP contribution in [-0.4, -0.2) is 135 Å². The van der Waals surface area contributed by atoms with Crippen LogP contribution in [0.1, 0.15) is 199 Å². The number of aromatic nitrogens is 15. The highest BCUT2D eigenvalue weighted by molar-refractivity contribution is 5.87. The molecule has 2 unspecified atom stereocenters. The molecular weight excluding hydrogens is 1810 g/mol. The molecule has 0 bridgehead atoms. The molecule has 5 fully saturated rings. The van der Waals surface area contributed by atoms with E-state index in [9.17, 15) is 52.7 Å². The third-order valence-corrected chi connectivity index (χ3v) is 26.2. The number of pyridine rings is 1. The van der Waals surface area contributed by atoms with E-state index in [2.05, 4.69) is 122 Å². The number of rotatable bonds is 22. The molecule has 7 N–H and O–H groups in total. The van der Waals surface area contributed by atoms with Gasteiger partial charge in [0.2, 0.25) is 11.9 Å². The number of hydrogen-bond acceptors (Lipinski definition) is 22. The van der Waals surface area contributed by atoms with E-state index in [1.807, 2.05) is 95.3 Å². The SMILES string of the molecule is CCc1c(C2CCNCC2)nnc(-c2cccc(C(F)(F)F)c2)c1-c1ccnc(NC(C)c2ccccc2)n1.Cc1c(C2CCNCC2)nnc(-c2cccc(C(F)(F)F)c2)c1-c1ccnc(NC(C)c2ccccc2)c1.Cc1c(C2CCNCC2)nnc(-c2cccc(C(F)(F)F)c2)c1-c1ccnc(NCC2CC2)n1.Cc1c(C2CCNCC2)nnc(-c2cccc(C(F)(F)F)c2)c1-c1ccncn1. The van der Waals surface area contributed by atoms with Crippen molar-refractivity contribution in [3.8, 4) is 89.9 Å². The summed E-state index contributed by atoms with van der Waals surface area (Å²) in [7, 11) is 0. The van der Waals surface area contributed by atoms with Crippen LogP contribution >= 0.6 is 0 Å². The molecule has 1 aliphatic carbocycles. The van der Waals surface area contributed by atoms with Crippen LogP contribution in [0.4, 0.5) is 70.4 Å². The second-order valence-corrected chi connectivity index (χ2v) is 35.8. The molecule has 0 radical (unpaired) electrons.